The number of fused-ring (bicyclic) bond motifs is 1. The topological polar surface area (TPSA) is 61.0 Å². The Morgan fingerprint density at radius 1 is 1.32 bits per heavy atom. The average molecular weight is 327 g/mol. The maximum atomic E-state index is 12.6. The van der Waals surface area contributed by atoms with Gasteiger partial charge in [-0.25, -0.2) is 0 Å². The van der Waals surface area contributed by atoms with E-state index in [4.69, 9.17) is 0 Å². The minimum absolute atomic E-state index is 0. The minimum atomic E-state index is 0. The number of halogens is 1. The summed E-state index contributed by atoms with van der Waals surface area (Å²) in [4.78, 5) is 14.4. The third-order valence-corrected chi connectivity index (χ3v) is 4.95. The molecule has 3 rings (SSSR count). The van der Waals surface area contributed by atoms with Crippen LogP contribution >= 0.6 is 12.4 Å². The number of nitrogens with zero attached hydrogens (tertiary/aromatic N) is 2. The third kappa shape index (κ3) is 3.82. The SMILES string of the molecule is CN(CCC1CCCCC1)C(=O)c1n[nH]c2c1CNCC2.Cl. The second-order valence-electron chi connectivity index (χ2n) is 6.48. The van der Waals surface area contributed by atoms with E-state index in [1.54, 1.807) is 0 Å². The van der Waals surface area contributed by atoms with Crippen LogP contribution in [0.2, 0.25) is 0 Å². The number of hydrogen-bond donors (Lipinski definition) is 2. The molecule has 1 aromatic rings. The van der Waals surface area contributed by atoms with Crippen LogP contribution in [0.4, 0.5) is 0 Å². The number of rotatable bonds is 4. The lowest BCUT2D eigenvalue weighted by Crippen LogP contribution is -2.31. The summed E-state index contributed by atoms with van der Waals surface area (Å²) in [7, 11) is 1.91. The van der Waals surface area contributed by atoms with Crippen LogP contribution in [0.3, 0.4) is 0 Å². The zero-order valence-corrected chi connectivity index (χ0v) is 14.2. The highest BCUT2D eigenvalue weighted by Gasteiger charge is 2.24. The number of amides is 1. The van der Waals surface area contributed by atoms with Crippen molar-refractivity contribution in [3.05, 3.63) is 17.0 Å². The van der Waals surface area contributed by atoms with Gasteiger partial charge in [-0.05, 0) is 12.3 Å². The Bertz CT molecular complexity index is 496. The molecule has 22 heavy (non-hydrogen) atoms. The molecule has 2 aliphatic rings. The van der Waals surface area contributed by atoms with Crippen LogP contribution in [0, 0.1) is 5.92 Å². The molecule has 0 aromatic carbocycles. The van der Waals surface area contributed by atoms with Gasteiger partial charge in [-0.2, -0.15) is 5.10 Å². The van der Waals surface area contributed by atoms with Crippen molar-refractivity contribution in [2.24, 2.45) is 5.92 Å². The molecule has 1 aromatic heterocycles. The Balaban J connectivity index is 0.00000176. The molecule has 0 saturated heterocycles. The molecule has 1 saturated carbocycles. The van der Waals surface area contributed by atoms with E-state index in [0.29, 0.717) is 5.69 Å². The normalized spacial score (nSPS) is 18.4. The molecule has 0 spiro atoms. The Hall–Kier alpha value is -1.07. The first-order valence-corrected chi connectivity index (χ1v) is 8.28. The molecule has 1 fully saturated rings. The fourth-order valence-electron chi connectivity index (χ4n) is 3.54. The number of aromatic amines is 1. The van der Waals surface area contributed by atoms with Crippen LogP contribution in [-0.2, 0) is 13.0 Å². The summed E-state index contributed by atoms with van der Waals surface area (Å²) >= 11 is 0. The van der Waals surface area contributed by atoms with Crippen molar-refractivity contribution >= 4 is 18.3 Å². The summed E-state index contributed by atoms with van der Waals surface area (Å²) in [5.74, 6) is 0.871. The van der Waals surface area contributed by atoms with Crippen LogP contribution in [0.15, 0.2) is 0 Å². The van der Waals surface area contributed by atoms with E-state index >= 15 is 0 Å². The summed E-state index contributed by atoms with van der Waals surface area (Å²) < 4.78 is 0. The van der Waals surface area contributed by atoms with Gasteiger partial charge in [-0.15, -0.1) is 12.4 Å². The molecule has 5 nitrogen and oxygen atoms in total. The van der Waals surface area contributed by atoms with E-state index < -0.39 is 0 Å². The van der Waals surface area contributed by atoms with Crippen molar-refractivity contribution in [3.8, 4) is 0 Å². The highest BCUT2D eigenvalue weighted by Crippen LogP contribution is 2.26. The van der Waals surface area contributed by atoms with Crippen LogP contribution in [-0.4, -0.2) is 41.1 Å². The lowest BCUT2D eigenvalue weighted by molar-refractivity contribution is 0.0776. The van der Waals surface area contributed by atoms with Gasteiger partial charge in [0, 0.05) is 44.4 Å². The van der Waals surface area contributed by atoms with Crippen LogP contribution in [0.1, 0.15) is 60.3 Å². The fraction of sp³-hybridized carbons (Fsp3) is 0.750. The monoisotopic (exact) mass is 326 g/mol. The predicted molar refractivity (Wildman–Crippen MR) is 89.4 cm³/mol. The molecule has 0 unspecified atom stereocenters. The second-order valence-corrected chi connectivity index (χ2v) is 6.48. The van der Waals surface area contributed by atoms with E-state index in [1.807, 2.05) is 11.9 Å². The van der Waals surface area contributed by atoms with Gasteiger partial charge in [-0.3, -0.25) is 9.89 Å². The molecule has 124 valence electrons. The quantitative estimate of drug-likeness (QED) is 0.893. The van der Waals surface area contributed by atoms with E-state index in [-0.39, 0.29) is 18.3 Å². The first kappa shape index (κ1) is 17.3. The van der Waals surface area contributed by atoms with Gasteiger partial charge in [-0.1, -0.05) is 32.1 Å². The van der Waals surface area contributed by atoms with Crippen molar-refractivity contribution in [3.63, 3.8) is 0 Å². The zero-order chi connectivity index (χ0) is 14.7. The average Bonchev–Trinajstić information content (AvgIpc) is 2.97. The number of carbonyl (C=O) groups excluding carboxylic acids is 1. The number of H-pyrrole nitrogens is 1. The van der Waals surface area contributed by atoms with E-state index in [1.165, 1.54) is 32.1 Å². The Morgan fingerprint density at radius 2 is 2.09 bits per heavy atom. The Morgan fingerprint density at radius 3 is 2.86 bits per heavy atom. The summed E-state index contributed by atoms with van der Waals surface area (Å²) in [6.07, 6.45) is 8.85. The molecule has 1 amide bonds. The minimum Gasteiger partial charge on any atom is -0.340 e. The molecule has 0 bridgehead atoms. The Labute approximate surface area is 138 Å². The van der Waals surface area contributed by atoms with Crippen molar-refractivity contribution < 1.29 is 4.79 Å². The summed E-state index contributed by atoms with van der Waals surface area (Å²) in [6, 6.07) is 0. The van der Waals surface area contributed by atoms with E-state index in [0.717, 1.165) is 49.7 Å². The maximum absolute atomic E-state index is 12.6. The molecule has 2 heterocycles. The lowest BCUT2D eigenvalue weighted by Gasteiger charge is -2.24. The van der Waals surface area contributed by atoms with Crippen LogP contribution in [0.25, 0.3) is 0 Å². The van der Waals surface area contributed by atoms with Gasteiger partial charge >= 0.3 is 0 Å². The van der Waals surface area contributed by atoms with Crippen LogP contribution < -0.4 is 5.32 Å². The van der Waals surface area contributed by atoms with Gasteiger partial charge in [0.2, 0.25) is 0 Å². The molecule has 0 radical (unpaired) electrons. The number of nitrogens with one attached hydrogen (secondary N) is 2. The van der Waals surface area contributed by atoms with Crippen molar-refractivity contribution in [2.75, 3.05) is 20.1 Å². The van der Waals surface area contributed by atoms with Crippen molar-refractivity contribution in [1.82, 2.24) is 20.4 Å². The Kier molecular flexibility index (Phi) is 6.26. The van der Waals surface area contributed by atoms with E-state index in [2.05, 4.69) is 15.5 Å². The molecule has 1 aliphatic heterocycles. The van der Waals surface area contributed by atoms with E-state index in [9.17, 15) is 4.79 Å². The van der Waals surface area contributed by atoms with Crippen molar-refractivity contribution in [2.45, 2.75) is 51.5 Å². The van der Waals surface area contributed by atoms with Gasteiger partial charge in [0.1, 0.15) is 0 Å². The molecule has 1 aliphatic carbocycles. The molecular formula is C16H27ClN4O. The van der Waals surface area contributed by atoms with Gasteiger partial charge in [0.15, 0.2) is 5.69 Å². The third-order valence-electron chi connectivity index (χ3n) is 4.95. The molecular weight excluding hydrogens is 300 g/mol. The number of carbonyl (C=O) groups is 1. The second kappa shape index (κ2) is 7.97. The van der Waals surface area contributed by atoms with Crippen LogP contribution in [0.5, 0.6) is 0 Å². The highest BCUT2D eigenvalue weighted by molar-refractivity contribution is 5.93. The van der Waals surface area contributed by atoms with Gasteiger partial charge in [0.05, 0.1) is 0 Å². The predicted octanol–water partition coefficient (Wildman–Crippen LogP) is 2.52. The first-order valence-electron chi connectivity index (χ1n) is 8.28. The van der Waals surface area contributed by atoms with Gasteiger partial charge < -0.3 is 10.2 Å². The maximum Gasteiger partial charge on any atom is 0.274 e. The largest absolute Gasteiger partial charge is 0.340 e. The van der Waals surface area contributed by atoms with Crippen molar-refractivity contribution in [1.29, 1.82) is 0 Å². The number of hydrogen-bond acceptors (Lipinski definition) is 3. The summed E-state index contributed by atoms with van der Waals surface area (Å²) in [6.45, 7) is 2.56. The smallest absolute Gasteiger partial charge is 0.274 e. The first-order chi connectivity index (χ1) is 10.3. The fourth-order valence-corrected chi connectivity index (χ4v) is 3.54. The highest BCUT2D eigenvalue weighted by atomic mass is 35.5. The molecule has 6 heteroatoms. The molecule has 2 N–H and O–H groups in total. The molecule has 0 atom stereocenters. The summed E-state index contributed by atoms with van der Waals surface area (Å²) in [5.41, 5.74) is 2.80. The summed E-state index contributed by atoms with van der Waals surface area (Å²) in [5, 5.41) is 10.6. The van der Waals surface area contributed by atoms with Gasteiger partial charge in [0.25, 0.3) is 5.91 Å². The lowest BCUT2D eigenvalue weighted by atomic mass is 9.87. The number of aromatic nitrogens is 2. The zero-order valence-electron chi connectivity index (χ0n) is 13.4. The standard InChI is InChI=1S/C16H26N4O.ClH/c1-20(10-8-12-5-3-2-4-6-12)16(21)15-13-11-17-9-7-14(13)18-19-15;/h12,17H,2-11H2,1H3,(H,18,19);1H.